The molecular formula is C18H15FN2O3. The summed E-state index contributed by atoms with van der Waals surface area (Å²) in [5.74, 6) is -1.76. The number of H-pyrrole nitrogens is 1. The van der Waals surface area contributed by atoms with Gasteiger partial charge < -0.3 is 15.0 Å². The van der Waals surface area contributed by atoms with Crippen molar-refractivity contribution in [2.75, 3.05) is 18.5 Å². The molecule has 0 spiro atoms. The summed E-state index contributed by atoms with van der Waals surface area (Å²) < 4.78 is 13.4. The number of anilines is 1. The molecule has 5 nitrogen and oxygen atoms in total. The SMILES string of the molecule is CN(CC(=O)c1ccccc1)c1c(C(=O)O)[nH]c2cc(F)ccc12. The molecule has 0 fully saturated rings. The molecule has 0 aliphatic rings. The van der Waals surface area contributed by atoms with Gasteiger partial charge in [0.05, 0.1) is 17.7 Å². The second kappa shape index (κ2) is 6.16. The Morgan fingerprint density at radius 3 is 2.54 bits per heavy atom. The lowest BCUT2D eigenvalue weighted by molar-refractivity contribution is 0.0691. The molecule has 0 saturated carbocycles. The van der Waals surface area contributed by atoms with Crippen LogP contribution in [0.5, 0.6) is 0 Å². The summed E-state index contributed by atoms with van der Waals surface area (Å²) in [6.45, 7) is 0.00855. The fraction of sp³-hybridized carbons (Fsp3) is 0.111. The number of halogens is 1. The van der Waals surface area contributed by atoms with E-state index in [1.54, 1.807) is 36.2 Å². The number of rotatable bonds is 5. The molecule has 0 atom stereocenters. The molecule has 122 valence electrons. The highest BCUT2D eigenvalue weighted by Gasteiger charge is 2.22. The Hall–Kier alpha value is -3.15. The molecule has 24 heavy (non-hydrogen) atoms. The van der Waals surface area contributed by atoms with Crippen molar-refractivity contribution >= 4 is 28.3 Å². The van der Waals surface area contributed by atoms with Gasteiger partial charge in [-0.3, -0.25) is 4.79 Å². The van der Waals surface area contributed by atoms with E-state index in [1.807, 2.05) is 6.07 Å². The number of carboxylic acid groups (broad SMARTS) is 1. The van der Waals surface area contributed by atoms with E-state index in [9.17, 15) is 19.1 Å². The minimum absolute atomic E-state index is 0.00855. The zero-order chi connectivity index (χ0) is 17.3. The summed E-state index contributed by atoms with van der Waals surface area (Å²) in [6.07, 6.45) is 0. The van der Waals surface area contributed by atoms with Crippen molar-refractivity contribution < 1.29 is 19.1 Å². The molecule has 0 unspecified atom stereocenters. The van der Waals surface area contributed by atoms with E-state index in [0.717, 1.165) is 0 Å². The maximum absolute atomic E-state index is 13.4. The Morgan fingerprint density at radius 1 is 1.17 bits per heavy atom. The van der Waals surface area contributed by atoms with E-state index in [1.165, 1.54) is 18.2 Å². The zero-order valence-electron chi connectivity index (χ0n) is 12.9. The highest BCUT2D eigenvalue weighted by molar-refractivity contribution is 6.07. The lowest BCUT2D eigenvalue weighted by atomic mass is 10.1. The molecule has 0 radical (unpaired) electrons. The van der Waals surface area contributed by atoms with Gasteiger partial charge in [0.2, 0.25) is 0 Å². The number of nitrogens with one attached hydrogen (secondary N) is 1. The third kappa shape index (κ3) is 2.86. The molecular weight excluding hydrogens is 311 g/mol. The quantitative estimate of drug-likeness (QED) is 0.705. The van der Waals surface area contributed by atoms with E-state index in [4.69, 9.17) is 0 Å². The fourth-order valence-corrected chi connectivity index (χ4v) is 2.72. The normalized spacial score (nSPS) is 10.8. The van der Waals surface area contributed by atoms with Gasteiger partial charge in [-0.25, -0.2) is 9.18 Å². The summed E-state index contributed by atoms with van der Waals surface area (Å²) in [6, 6.07) is 12.8. The van der Waals surface area contributed by atoms with Gasteiger partial charge in [-0.15, -0.1) is 0 Å². The molecule has 2 N–H and O–H groups in total. The maximum atomic E-state index is 13.4. The molecule has 0 bridgehead atoms. The van der Waals surface area contributed by atoms with Gasteiger partial charge in [-0.1, -0.05) is 30.3 Å². The number of Topliss-reactive ketones (excluding diaryl/α,β-unsaturated/α-hetero) is 1. The molecule has 0 amide bonds. The largest absolute Gasteiger partial charge is 0.477 e. The van der Waals surface area contributed by atoms with Crippen molar-refractivity contribution in [3.8, 4) is 0 Å². The van der Waals surface area contributed by atoms with Gasteiger partial charge in [-0.2, -0.15) is 0 Å². The van der Waals surface area contributed by atoms with Crippen molar-refractivity contribution in [1.82, 2.24) is 4.98 Å². The van der Waals surface area contributed by atoms with E-state index >= 15 is 0 Å². The van der Waals surface area contributed by atoms with Crippen molar-refractivity contribution in [2.45, 2.75) is 0 Å². The number of carbonyl (C=O) groups is 2. The van der Waals surface area contributed by atoms with E-state index in [2.05, 4.69) is 4.98 Å². The first kappa shape index (κ1) is 15.7. The van der Waals surface area contributed by atoms with Crippen LogP contribution in [-0.4, -0.2) is 35.4 Å². The topological polar surface area (TPSA) is 73.4 Å². The predicted molar refractivity (Wildman–Crippen MR) is 89.3 cm³/mol. The lowest BCUT2D eigenvalue weighted by Crippen LogP contribution is -2.26. The predicted octanol–water partition coefficient (Wildman–Crippen LogP) is 3.32. The summed E-state index contributed by atoms with van der Waals surface area (Å²) in [4.78, 5) is 28.1. The molecule has 6 heteroatoms. The van der Waals surface area contributed by atoms with Gasteiger partial charge in [0, 0.05) is 18.0 Å². The van der Waals surface area contributed by atoms with Crippen molar-refractivity contribution in [3.05, 3.63) is 65.6 Å². The van der Waals surface area contributed by atoms with Gasteiger partial charge >= 0.3 is 5.97 Å². The molecule has 1 aromatic heterocycles. The van der Waals surface area contributed by atoms with Gasteiger partial charge in [0.25, 0.3) is 0 Å². The van der Waals surface area contributed by atoms with Gasteiger partial charge in [-0.05, 0) is 18.2 Å². The fourth-order valence-electron chi connectivity index (χ4n) is 2.72. The van der Waals surface area contributed by atoms with Crippen LogP contribution in [0.1, 0.15) is 20.8 Å². The molecule has 0 saturated heterocycles. The average Bonchev–Trinajstić information content (AvgIpc) is 2.94. The number of fused-ring (bicyclic) bond motifs is 1. The number of hydrogen-bond donors (Lipinski definition) is 2. The Labute approximate surface area is 137 Å². The first-order chi connectivity index (χ1) is 11.5. The number of aromatic carboxylic acids is 1. The van der Waals surface area contributed by atoms with Crippen LogP contribution in [0.4, 0.5) is 10.1 Å². The van der Waals surface area contributed by atoms with Crippen LogP contribution >= 0.6 is 0 Å². The average molecular weight is 326 g/mol. The standard InChI is InChI=1S/C18H15FN2O3/c1-21(10-15(22)11-5-3-2-4-6-11)17-13-8-7-12(19)9-14(13)20-16(17)18(23)24/h2-9,20H,10H2,1H3,(H,23,24). The smallest absolute Gasteiger partial charge is 0.354 e. The highest BCUT2D eigenvalue weighted by atomic mass is 19.1. The third-order valence-electron chi connectivity index (χ3n) is 3.81. The van der Waals surface area contributed by atoms with Crippen molar-refractivity contribution in [1.29, 1.82) is 0 Å². The second-order valence-electron chi connectivity index (χ2n) is 5.49. The van der Waals surface area contributed by atoms with Crippen LogP contribution in [0, 0.1) is 5.82 Å². The molecule has 2 aromatic carbocycles. The van der Waals surface area contributed by atoms with Crippen molar-refractivity contribution in [2.24, 2.45) is 0 Å². The molecule has 0 aliphatic carbocycles. The number of carboxylic acids is 1. The second-order valence-corrected chi connectivity index (χ2v) is 5.49. The van der Waals surface area contributed by atoms with E-state index < -0.39 is 11.8 Å². The monoisotopic (exact) mass is 326 g/mol. The lowest BCUT2D eigenvalue weighted by Gasteiger charge is -2.18. The molecule has 3 rings (SSSR count). The van der Waals surface area contributed by atoms with Crippen LogP contribution in [0.15, 0.2) is 48.5 Å². The Kier molecular flexibility index (Phi) is 4.04. The van der Waals surface area contributed by atoms with Crippen LogP contribution in [0.2, 0.25) is 0 Å². The summed E-state index contributed by atoms with van der Waals surface area (Å²) in [5.41, 5.74) is 1.22. The molecule has 0 aliphatic heterocycles. The van der Waals surface area contributed by atoms with Crippen LogP contribution in [-0.2, 0) is 0 Å². The van der Waals surface area contributed by atoms with E-state index in [0.29, 0.717) is 22.2 Å². The first-order valence-electron chi connectivity index (χ1n) is 7.31. The molecule has 3 aromatic rings. The highest BCUT2D eigenvalue weighted by Crippen LogP contribution is 2.31. The number of likely N-dealkylation sites (N-methyl/N-ethyl adjacent to an activating group) is 1. The number of hydrogen-bond acceptors (Lipinski definition) is 3. The Balaban J connectivity index is 1.99. The van der Waals surface area contributed by atoms with Gasteiger partial charge in [0.15, 0.2) is 5.78 Å². The first-order valence-corrected chi connectivity index (χ1v) is 7.31. The Morgan fingerprint density at radius 2 is 1.88 bits per heavy atom. The minimum Gasteiger partial charge on any atom is -0.477 e. The van der Waals surface area contributed by atoms with Gasteiger partial charge in [0.1, 0.15) is 11.5 Å². The summed E-state index contributed by atoms with van der Waals surface area (Å²) >= 11 is 0. The number of aromatic amines is 1. The minimum atomic E-state index is -1.17. The zero-order valence-corrected chi connectivity index (χ0v) is 12.9. The van der Waals surface area contributed by atoms with E-state index in [-0.39, 0.29) is 18.0 Å². The van der Waals surface area contributed by atoms with Crippen LogP contribution in [0.3, 0.4) is 0 Å². The summed E-state index contributed by atoms with van der Waals surface area (Å²) in [5, 5.41) is 9.95. The number of carbonyl (C=O) groups excluding carboxylic acids is 1. The summed E-state index contributed by atoms with van der Waals surface area (Å²) in [7, 11) is 1.64. The number of aromatic nitrogens is 1. The van der Waals surface area contributed by atoms with Crippen LogP contribution < -0.4 is 4.90 Å². The number of benzene rings is 2. The number of ketones is 1. The third-order valence-corrected chi connectivity index (χ3v) is 3.81. The number of nitrogens with zero attached hydrogens (tertiary/aromatic N) is 1. The molecule has 1 heterocycles. The van der Waals surface area contributed by atoms with Crippen molar-refractivity contribution in [3.63, 3.8) is 0 Å². The Bertz CT molecular complexity index is 919. The maximum Gasteiger partial charge on any atom is 0.354 e. The van der Waals surface area contributed by atoms with Crippen LogP contribution in [0.25, 0.3) is 10.9 Å².